The molecule has 0 aliphatic carbocycles. The van der Waals surface area contributed by atoms with E-state index in [1.54, 1.807) is 12.1 Å². The van der Waals surface area contributed by atoms with Crippen molar-refractivity contribution in [1.82, 2.24) is 10.1 Å². The highest BCUT2D eigenvalue weighted by molar-refractivity contribution is 9.10. The zero-order valence-electron chi connectivity index (χ0n) is 9.11. The van der Waals surface area contributed by atoms with Crippen LogP contribution in [0.5, 0.6) is 5.75 Å². The van der Waals surface area contributed by atoms with Crippen molar-refractivity contribution in [2.75, 3.05) is 0 Å². The number of nitrogens with zero attached hydrogens (tertiary/aromatic N) is 2. The van der Waals surface area contributed by atoms with Gasteiger partial charge in [0, 0.05) is 10.9 Å². The molecule has 0 aliphatic rings. The number of aryl methyl sites for hydroxylation is 1. The van der Waals surface area contributed by atoms with Crippen LogP contribution < -0.4 is 4.74 Å². The maximum Gasteiger partial charge on any atom is 0.226 e. The van der Waals surface area contributed by atoms with E-state index in [0.717, 1.165) is 4.47 Å². The highest BCUT2D eigenvalue weighted by Gasteiger charge is 2.07. The Bertz CT molecular complexity index is 516. The molecule has 0 fully saturated rings. The van der Waals surface area contributed by atoms with Gasteiger partial charge in [0.05, 0.1) is 5.02 Å². The van der Waals surface area contributed by atoms with E-state index in [-0.39, 0.29) is 6.61 Å². The Morgan fingerprint density at radius 3 is 3.00 bits per heavy atom. The van der Waals surface area contributed by atoms with Crippen LogP contribution in [0.25, 0.3) is 0 Å². The third-order valence-corrected chi connectivity index (χ3v) is 2.87. The number of rotatable bonds is 4. The van der Waals surface area contributed by atoms with E-state index < -0.39 is 0 Å². The van der Waals surface area contributed by atoms with Gasteiger partial charge in [0.2, 0.25) is 11.7 Å². The summed E-state index contributed by atoms with van der Waals surface area (Å²) < 4.78 is 11.4. The van der Waals surface area contributed by atoms with Crippen LogP contribution in [0, 0.1) is 0 Å². The minimum atomic E-state index is 0.236. The lowest BCUT2D eigenvalue weighted by atomic mass is 10.3. The van der Waals surface area contributed by atoms with Gasteiger partial charge in [-0.1, -0.05) is 39.6 Å². The lowest BCUT2D eigenvalue weighted by Crippen LogP contribution is -1.98. The Labute approximate surface area is 112 Å². The second-order valence-corrected chi connectivity index (χ2v) is 4.64. The molecule has 1 aromatic carbocycles. The van der Waals surface area contributed by atoms with E-state index in [0.29, 0.717) is 28.9 Å². The normalized spacial score (nSPS) is 10.5. The summed E-state index contributed by atoms with van der Waals surface area (Å²) in [6, 6.07) is 5.40. The third kappa shape index (κ3) is 3.20. The molecule has 0 spiro atoms. The second kappa shape index (κ2) is 5.51. The van der Waals surface area contributed by atoms with E-state index in [4.69, 9.17) is 20.9 Å². The molecule has 17 heavy (non-hydrogen) atoms. The van der Waals surface area contributed by atoms with Gasteiger partial charge in [-0.2, -0.15) is 4.98 Å². The first-order chi connectivity index (χ1) is 8.19. The number of hydrogen-bond acceptors (Lipinski definition) is 4. The van der Waals surface area contributed by atoms with Crippen molar-refractivity contribution < 1.29 is 9.26 Å². The van der Waals surface area contributed by atoms with Crippen LogP contribution in [0.3, 0.4) is 0 Å². The molecule has 1 heterocycles. The van der Waals surface area contributed by atoms with E-state index in [9.17, 15) is 0 Å². The largest absolute Gasteiger partial charge is 0.484 e. The fourth-order valence-electron chi connectivity index (χ4n) is 1.22. The van der Waals surface area contributed by atoms with Gasteiger partial charge in [-0.25, -0.2) is 0 Å². The molecule has 0 N–H and O–H groups in total. The molecule has 1 aromatic heterocycles. The average molecular weight is 318 g/mol. The molecule has 0 atom stereocenters. The summed E-state index contributed by atoms with van der Waals surface area (Å²) in [6.45, 7) is 2.18. The molecule has 0 aliphatic heterocycles. The van der Waals surface area contributed by atoms with Gasteiger partial charge in [-0.3, -0.25) is 0 Å². The summed E-state index contributed by atoms with van der Waals surface area (Å²) in [4.78, 5) is 4.14. The first-order valence-corrected chi connectivity index (χ1v) is 6.25. The van der Waals surface area contributed by atoms with Gasteiger partial charge in [-0.15, -0.1) is 0 Å². The van der Waals surface area contributed by atoms with Crippen molar-refractivity contribution in [2.45, 2.75) is 20.0 Å². The highest BCUT2D eigenvalue weighted by atomic mass is 79.9. The van der Waals surface area contributed by atoms with Crippen LogP contribution in [0.2, 0.25) is 5.02 Å². The number of aromatic nitrogens is 2. The first kappa shape index (κ1) is 12.4. The van der Waals surface area contributed by atoms with Crippen molar-refractivity contribution in [3.05, 3.63) is 39.4 Å². The Morgan fingerprint density at radius 2 is 2.29 bits per heavy atom. The zero-order chi connectivity index (χ0) is 12.3. The quantitative estimate of drug-likeness (QED) is 0.864. The van der Waals surface area contributed by atoms with E-state index in [1.165, 1.54) is 0 Å². The summed E-state index contributed by atoms with van der Waals surface area (Å²) in [5, 5.41) is 4.34. The van der Waals surface area contributed by atoms with Gasteiger partial charge in [0.1, 0.15) is 5.75 Å². The summed E-state index contributed by atoms with van der Waals surface area (Å²) >= 11 is 9.33. The minimum Gasteiger partial charge on any atom is -0.484 e. The molecule has 0 saturated carbocycles. The molecule has 6 heteroatoms. The molecule has 0 radical (unpaired) electrons. The third-order valence-electron chi connectivity index (χ3n) is 2.06. The number of benzene rings is 1. The molecule has 4 nitrogen and oxygen atoms in total. The summed E-state index contributed by atoms with van der Waals surface area (Å²) in [5.74, 6) is 1.70. The van der Waals surface area contributed by atoms with Crippen molar-refractivity contribution in [3.63, 3.8) is 0 Å². The molecule has 0 bridgehead atoms. The standard InChI is InChI=1S/C11H10BrClN2O2/c1-2-11-14-10(15-17-11)6-16-9-5-7(12)3-4-8(9)13/h3-5H,2,6H2,1H3. The Morgan fingerprint density at radius 1 is 1.47 bits per heavy atom. The molecular weight excluding hydrogens is 307 g/mol. The minimum absolute atomic E-state index is 0.236. The van der Waals surface area contributed by atoms with Crippen LogP contribution >= 0.6 is 27.5 Å². The highest BCUT2D eigenvalue weighted by Crippen LogP contribution is 2.28. The summed E-state index contributed by atoms with van der Waals surface area (Å²) in [7, 11) is 0. The monoisotopic (exact) mass is 316 g/mol. The van der Waals surface area contributed by atoms with Crippen LogP contribution in [0.15, 0.2) is 27.2 Å². The Balaban J connectivity index is 2.04. The van der Waals surface area contributed by atoms with Gasteiger partial charge in [0.15, 0.2) is 6.61 Å². The lowest BCUT2D eigenvalue weighted by molar-refractivity contribution is 0.285. The predicted molar refractivity (Wildman–Crippen MR) is 67.2 cm³/mol. The number of hydrogen-bond donors (Lipinski definition) is 0. The number of halogens is 2. The molecular formula is C11H10BrClN2O2. The van der Waals surface area contributed by atoms with Crippen molar-refractivity contribution >= 4 is 27.5 Å². The number of ether oxygens (including phenoxy) is 1. The van der Waals surface area contributed by atoms with Gasteiger partial charge in [0.25, 0.3) is 0 Å². The maximum absolute atomic E-state index is 5.98. The molecule has 0 unspecified atom stereocenters. The lowest BCUT2D eigenvalue weighted by Gasteiger charge is -2.05. The van der Waals surface area contributed by atoms with Gasteiger partial charge < -0.3 is 9.26 Å². The average Bonchev–Trinajstić information content (AvgIpc) is 2.78. The Kier molecular flexibility index (Phi) is 4.02. The maximum atomic E-state index is 5.98. The van der Waals surface area contributed by atoms with Crippen molar-refractivity contribution in [2.24, 2.45) is 0 Å². The summed E-state index contributed by atoms with van der Waals surface area (Å²) in [5.41, 5.74) is 0. The summed E-state index contributed by atoms with van der Waals surface area (Å²) in [6.07, 6.45) is 0.713. The SMILES string of the molecule is CCc1nc(COc2cc(Br)ccc2Cl)no1. The predicted octanol–water partition coefficient (Wildman–Crippen LogP) is 3.63. The fraction of sp³-hybridized carbons (Fsp3) is 0.273. The van der Waals surface area contributed by atoms with E-state index >= 15 is 0 Å². The topological polar surface area (TPSA) is 48.2 Å². The van der Waals surface area contributed by atoms with Crippen LogP contribution in [-0.4, -0.2) is 10.1 Å². The van der Waals surface area contributed by atoms with Gasteiger partial charge >= 0.3 is 0 Å². The van der Waals surface area contributed by atoms with Crippen molar-refractivity contribution in [1.29, 1.82) is 0 Å². The smallest absolute Gasteiger partial charge is 0.226 e. The van der Waals surface area contributed by atoms with Crippen LogP contribution in [0.4, 0.5) is 0 Å². The Hall–Kier alpha value is -1.07. The molecule has 90 valence electrons. The molecule has 0 saturated heterocycles. The molecule has 2 aromatic rings. The zero-order valence-corrected chi connectivity index (χ0v) is 11.5. The first-order valence-electron chi connectivity index (χ1n) is 5.08. The van der Waals surface area contributed by atoms with Gasteiger partial charge in [-0.05, 0) is 18.2 Å². The molecule has 0 amide bonds. The van der Waals surface area contributed by atoms with Crippen molar-refractivity contribution in [3.8, 4) is 5.75 Å². The van der Waals surface area contributed by atoms with E-state index in [2.05, 4.69) is 26.1 Å². The van der Waals surface area contributed by atoms with Crippen LogP contribution in [0.1, 0.15) is 18.6 Å². The van der Waals surface area contributed by atoms with E-state index in [1.807, 2.05) is 13.0 Å². The molecule has 2 rings (SSSR count). The second-order valence-electron chi connectivity index (χ2n) is 3.32. The fourth-order valence-corrected chi connectivity index (χ4v) is 1.73. The van der Waals surface area contributed by atoms with Crippen LogP contribution in [-0.2, 0) is 13.0 Å².